The molecule has 0 radical (unpaired) electrons. The molecule has 1 saturated heterocycles. The number of anilines is 1. The van der Waals surface area contributed by atoms with Crippen LogP contribution in [0.25, 0.3) is 11.0 Å². The zero-order chi connectivity index (χ0) is 33.5. The Labute approximate surface area is 282 Å². The van der Waals surface area contributed by atoms with Gasteiger partial charge < -0.3 is 38.3 Å². The molecule has 1 aliphatic heterocycles. The number of amides is 1. The molecule has 1 N–H and O–H groups in total. The number of rotatable bonds is 14. The Hall–Kier alpha value is -4.96. The smallest absolute Gasteiger partial charge is 0.253 e. The summed E-state index contributed by atoms with van der Waals surface area (Å²) in [6.07, 6.45) is 4.71. The lowest BCUT2D eigenvalue weighted by atomic mass is 9.94. The molecule has 10 heteroatoms. The maximum Gasteiger partial charge on any atom is 0.253 e. The van der Waals surface area contributed by atoms with Crippen molar-refractivity contribution in [1.82, 2.24) is 19.4 Å². The molecule has 0 saturated carbocycles. The summed E-state index contributed by atoms with van der Waals surface area (Å²) in [6.45, 7) is 4.17. The van der Waals surface area contributed by atoms with Crippen LogP contribution in [0, 0.1) is 0 Å². The van der Waals surface area contributed by atoms with Crippen LogP contribution in [0.3, 0.4) is 0 Å². The summed E-state index contributed by atoms with van der Waals surface area (Å²) in [5.74, 6) is 3.25. The van der Waals surface area contributed by atoms with Gasteiger partial charge in [-0.3, -0.25) is 4.79 Å². The Bertz CT molecular complexity index is 1760. The molecule has 1 fully saturated rings. The third kappa shape index (κ3) is 7.44. The van der Waals surface area contributed by atoms with Crippen LogP contribution in [0.2, 0.25) is 0 Å². The van der Waals surface area contributed by atoms with Crippen LogP contribution in [0.1, 0.15) is 46.9 Å². The molecule has 3 heterocycles. The number of methoxy groups -OCH3 is 3. The molecule has 1 amide bonds. The number of furan rings is 1. The predicted octanol–water partition coefficient (Wildman–Crippen LogP) is 6.53. The van der Waals surface area contributed by atoms with Crippen molar-refractivity contribution in [2.24, 2.45) is 0 Å². The fraction of sp³-hybridized carbons (Fsp3) is 0.368. The summed E-state index contributed by atoms with van der Waals surface area (Å²) in [5.41, 5.74) is 3.79. The van der Waals surface area contributed by atoms with Crippen molar-refractivity contribution >= 4 is 22.9 Å². The predicted molar refractivity (Wildman–Crippen MR) is 187 cm³/mol. The van der Waals surface area contributed by atoms with Crippen molar-refractivity contribution < 1.29 is 23.4 Å². The summed E-state index contributed by atoms with van der Waals surface area (Å²) in [5, 5.41) is 3.75. The number of aromatic nitrogens is 2. The Balaban J connectivity index is 1.08. The summed E-state index contributed by atoms with van der Waals surface area (Å²) < 4.78 is 24.3. The molecule has 3 aromatic carbocycles. The van der Waals surface area contributed by atoms with Crippen LogP contribution < -0.4 is 19.5 Å². The van der Waals surface area contributed by atoms with E-state index in [1.807, 2.05) is 31.3 Å². The second-order valence-electron chi connectivity index (χ2n) is 12.3. The van der Waals surface area contributed by atoms with E-state index in [4.69, 9.17) is 23.6 Å². The van der Waals surface area contributed by atoms with Gasteiger partial charge in [0.1, 0.15) is 5.76 Å². The first-order valence-electron chi connectivity index (χ1n) is 16.5. The third-order valence-electron chi connectivity index (χ3n) is 9.29. The quantitative estimate of drug-likeness (QED) is 0.145. The van der Waals surface area contributed by atoms with E-state index in [2.05, 4.69) is 57.2 Å². The summed E-state index contributed by atoms with van der Waals surface area (Å²) in [7, 11) is 6.52. The molecule has 0 spiro atoms. The highest BCUT2D eigenvalue weighted by Crippen LogP contribution is 2.38. The lowest BCUT2D eigenvalue weighted by Gasteiger charge is -2.34. The molecule has 1 aliphatic rings. The molecule has 6 rings (SSSR count). The first-order chi connectivity index (χ1) is 23.5. The number of likely N-dealkylation sites (tertiary alicyclic amines) is 1. The second-order valence-corrected chi connectivity index (χ2v) is 12.3. The minimum absolute atomic E-state index is 0.0971. The molecular formula is C38H45N5O5. The number of carbonyl (C=O) groups excluding carboxylic acids is 1. The number of fused-ring (bicyclic) bond motifs is 1. The summed E-state index contributed by atoms with van der Waals surface area (Å²) in [6, 6.07) is 26.4. The number of para-hydroxylation sites is 2. The van der Waals surface area contributed by atoms with E-state index in [-0.39, 0.29) is 11.8 Å². The van der Waals surface area contributed by atoms with Crippen molar-refractivity contribution in [2.45, 2.75) is 37.8 Å². The second kappa shape index (κ2) is 15.3. The van der Waals surface area contributed by atoms with Crippen molar-refractivity contribution in [3.63, 3.8) is 0 Å². The molecule has 2 aromatic heterocycles. The highest BCUT2D eigenvalue weighted by molar-refractivity contribution is 5.95. The number of benzene rings is 3. The molecule has 1 atom stereocenters. The molecule has 1 unspecified atom stereocenters. The Kier molecular flexibility index (Phi) is 10.5. The van der Waals surface area contributed by atoms with Gasteiger partial charge in [-0.05, 0) is 67.8 Å². The SMILES string of the molecule is COc1cc(C(=O)N(C)CC(CCN2CCC(Nc3nc4ccccc4n3Cc3ccco3)CC2)c2ccccc2)cc(OC)c1OC. The number of hydrogen-bond donors (Lipinski definition) is 1. The summed E-state index contributed by atoms with van der Waals surface area (Å²) in [4.78, 5) is 22.9. The van der Waals surface area contributed by atoms with E-state index in [0.717, 1.165) is 61.6 Å². The highest BCUT2D eigenvalue weighted by Gasteiger charge is 2.25. The zero-order valence-corrected chi connectivity index (χ0v) is 28.2. The Morgan fingerprint density at radius 1 is 0.958 bits per heavy atom. The van der Waals surface area contributed by atoms with Crippen molar-refractivity contribution in [1.29, 1.82) is 0 Å². The Morgan fingerprint density at radius 2 is 1.67 bits per heavy atom. The van der Waals surface area contributed by atoms with Crippen LogP contribution in [0.4, 0.5) is 5.95 Å². The Morgan fingerprint density at radius 3 is 2.33 bits per heavy atom. The van der Waals surface area contributed by atoms with Crippen molar-refractivity contribution in [3.8, 4) is 17.2 Å². The topological polar surface area (TPSA) is 94.2 Å². The van der Waals surface area contributed by atoms with E-state index in [9.17, 15) is 4.79 Å². The first-order valence-corrected chi connectivity index (χ1v) is 16.5. The maximum atomic E-state index is 13.7. The third-order valence-corrected chi connectivity index (χ3v) is 9.29. The van der Waals surface area contributed by atoms with Gasteiger partial charge in [0, 0.05) is 44.2 Å². The number of piperidine rings is 1. The first kappa shape index (κ1) is 33.0. The molecule has 10 nitrogen and oxygen atoms in total. The van der Waals surface area contributed by atoms with E-state index in [1.54, 1.807) is 44.6 Å². The molecule has 5 aromatic rings. The van der Waals surface area contributed by atoms with Crippen LogP contribution >= 0.6 is 0 Å². The van der Waals surface area contributed by atoms with Crippen LogP contribution in [-0.4, -0.2) is 85.9 Å². The van der Waals surface area contributed by atoms with Gasteiger partial charge in [-0.15, -0.1) is 0 Å². The van der Waals surface area contributed by atoms with Gasteiger partial charge in [0.05, 0.1) is 45.2 Å². The van der Waals surface area contributed by atoms with Gasteiger partial charge in [-0.1, -0.05) is 42.5 Å². The zero-order valence-electron chi connectivity index (χ0n) is 28.2. The minimum atomic E-state index is -0.0971. The van der Waals surface area contributed by atoms with Crippen LogP contribution in [0.5, 0.6) is 17.2 Å². The number of ether oxygens (including phenoxy) is 3. The fourth-order valence-electron chi connectivity index (χ4n) is 6.65. The maximum absolute atomic E-state index is 13.7. The molecule has 0 bridgehead atoms. The van der Waals surface area contributed by atoms with Gasteiger partial charge in [-0.25, -0.2) is 4.98 Å². The van der Waals surface area contributed by atoms with Gasteiger partial charge >= 0.3 is 0 Å². The molecule has 0 aliphatic carbocycles. The number of likely N-dealkylation sites (N-methyl/N-ethyl adjacent to an activating group) is 1. The number of imidazole rings is 1. The number of carbonyl (C=O) groups is 1. The fourth-order valence-corrected chi connectivity index (χ4v) is 6.65. The molecule has 48 heavy (non-hydrogen) atoms. The standard InChI is InChI=1S/C38H45N5O5/c1-41(37(44)29-23-34(45-2)36(47-4)35(24-29)46-3)25-28(27-11-6-5-7-12-27)16-19-42-20-17-30(18-21-42)39-38-40-32-14-8-9-15-33(32)43(38)26-31-13-10-22-48-31/h5-15,22-24,28,30H,16-21,25-26H2,1-4H3,(H,39,40). The van der Waals surface area contributed by atoms with Gasteiger partial charge in [0.15, 0.2) is 11.5 Å². The number of nitrogens with zero attached hydrogens (tertiary/aromatic N) is 4. The van der Waals surface area contributed by atoms with Gasteiger partial charge in [0.2, 0.25) is 11.7 Å². The van der Waals surface area contributed by atoms with Crippen molar-refractivity contribution in [3.05, 3.63) is 102 Å². The van der Waals surface area contributed by atoms with E-state index >= 15 is 0 Å². The summed E-state index contributed by atoms with van der Waals surface area (Å²) >= 11 is 0. The average molecular weight is 652 g/mol. The molecular weight excluding hydrogens is 606 g/mol. The largest absolute Gasteiger partial charge is 0.493 e. The van der Waals surface area contributed by atoms with E-state index < -0.39 is 0 Å². The number of hydrogen-bond acceptors (Lipinski definition) is 8. The van der Waals surface area contributed by atoms with Crippen molar-refractivity contribution in [2.75, 3.05) is 59.9 Å². The minimum Gasteiger partial charge on any atom is -0.493 e. The van der Waals surface area contributed by atoms with E-state index in [0.29, 0.717) is 41.9 Å². The van der Waals surface area contributed by atoms with E-state index in [1.165, 1.54) is 5.56 Å². The van der Waals surface area contributed by atoms with Gasteiger partial charge in [0.25, 0.3) is 5.91 Å². The molecule has 252 valence electrons. The highest BCUT2D eigenvalue weighted by atomic mass is 16.5. The lowest BCUT2D eigenvalue weighted by molar-refractivity contribution is 0.0781. The van der Waals surface area contributed by atoms with Crippen LogP contribution in [-0.2, 0) is 6.54 Å². The van der Waals surface area contributed by atoms with Crippen LogP contribution in [0.15, 0.2) is 89.5 Å². The number of nitrogens with one attached hydrogen (secondary N) is 1. The average Bonchev–Trinajstić information content (AvgIpc) is 3.77. The lowest BCUT2D eigenvalue weighted by Crippen LogP contribution is -2.40. The monoisotopic (exact) mass is 651 g/mol. The van der Waals surface area contributed by atoms with Gasteiger partial charge in [-0.2, -0.15) is 0 Å². The normalized spacial score (nSPS) is 14.5.